The predicted octanol–water partition coefficient (Wildman–Crippen LogP) is 2.97. The standard InChI is InChI=1S/C17H22N4O2/c1-4-5-12-21(2)16-11-10-14(19-20-16)17(22)18-13-8-6-7-9-15(13)23-3/h6-11H,4-5,12H2,1-3H3,(H,18,22). The summed E-state index contributed by atoms with van der Waals surface area (Å²) >= 11 is 0. The van der Waals surface area contributed by atoms with E-state index in [4.69, 9.17) is 4.74 Å². The lowest BCUT2D eigenvalue weighted by Crippen LogP contribution is -2.21. The highest BCUT2D eigenvalue weighted by molar-refractivity contribution is 6.03. The largest absolute Gasteiger partial charge is 0.495 e. The van der Waals surface area contributed by atoms with Gasteiger partial charge in [0.1, 0.15) is 5.75 Å². The summed E-state index contributed by atoms with van der Waals surface area (Å²) in [6.07, 6.45) is 2.21. The molecule has 0 unspecified atom stereocenters. The molecule has 0 aliphatic carbocycles. The zero-order chi connectivity index (χ0) is 16.7. The molecule has 2 rings (SSSR count). The van der Waals surface area contributed by atoms with Gasteiger partial charge in [0.05, 0.1) is 12.8 Å². The first-order valence-corrected chi connectivity index (χ1v) is 7.65. The third-order valence-corrected chi connectivity index (χ3v) is 3.48. The molecule has 0 bridgehead atoms. The molecule has 1 aromatic carbocycles. The highest BCUT2D eigenvalue weighted by atomic mass is 16.5. The van der Waals surface area contributed by atoms with Gasteiger partial charge in [-0.15, -0.1) is 10.2 Å². The lowest BCUT2D eigenvalue weighted by molar-refractivity contribution is 0.102. The number of para-hydroxylation sites is 2. The van der Waals surface area contributed by atoms with Crippen molar-refractivity contribution in [3.05, 3.63) is 42.1 Å². The Hall–Kier alpha value is -2.63. The van der Waals surface area contributed by atoms with Gasteiger partial charge in [-0.2, -0.15) is 0 Å². The molecule has 0 saturated heterocycles. The number of nitrogens with zero attached hydrogens (tertiary/aromatic N) is 3. The number of aromatic nitrogens is 2. The van der Waals surface area contributed by atoms with Crippen LogP contribution in [-0.2, 0) is 0 Å². The summed E-state index contributed by atoms with van der Waals surface area (Å²) in [4.78, 5) is 14.3. The molecule has 1 aromatic heterocycles. The van der Waals surface area contributed by atoms with Gasteiger partial charge in [0, 0.05) is 13.6 Å². The van der Waals surface area contributed by atoms with Crippen LogP contribution in [0.2, 0.25) is 0 Å². The van der Waals surface area contributed by atoms with E-state index in [1.165, 1.54) is 0 Å². The van der Waals surface area contributed by atoms with Crippen molar-refractivity contribution in [1.82, 2.24) is 10.2 Å². The van der Waals surface area contributed by atoms with Crippen LogP contribution < -0.4 is 15.0 Å². The number of hydrogen-bond donors (Lipinski definition) is 1. The van der Waals surface area contributed by atoms with E-state index >= 15 is 0 Å². The zero-order valence-corrected chi connectivity index (χ0v) is 13.7. The second kappa shape index (κ2) is 8.12. The summed E-state index contributed by atoms with van der Waals surface area (Å²) in [5, 5.41) is 10.9. The van der Waals surface area contributed by atoms with Crippen LogP contribution in [0.5, 0.6) is 5.75 Å². The Labute approximate surface area is 136 Å². The third kappa shape index (κ3) is 4.42. The number of amides is 1. The van der Waals surface area contributed by atoms with E-state index in [0.717, 1.165) is 25.2 Å². The first-order chi connectivity index (χ1) is 11.2. The molecule has 23 heavy (non-hydrogen) atoms. The van der Waals surface area contributed by atoms with Crippen LogP contribution in [0.4, 0.5) is 11.5 Å². The number of unbranched alkanes of at least 4 members (excludes halogenated alkanes) is 1. The van der Waals surface area contributed by atoms with Crippen molar-refractivity contribution in [3.8, 4) is 5.75 Å². The van der Waals surface area contributed by atoms with E-state index in [0.29, 0.717) is 11.4 Å². The van der Waals surface area contributed by atoms with Crippen LogP contribution in [0.1, 0.15) is 30.3 Å². The average Bonchev–Trinajstić information content (AvgIpc) is 2.60. The first kappa shape index (κ1) is 16.7. The Kier molecular flexibility index (Phi) is 5.91. The number of benzene rings is 1. The number of carbonyl (C=O) groups is 1. The monoisotopic (exact) mass is 314 g/mol. The van der Waals surface area contributed by atoms with E-state index in [1.54, 1.807) is 31.4 Å². The topological polar surface area (TPSA) is 67.4 Å². The number of carbonyl (C=O) groups excluding carboxylic acids is 1. The number of ether oxygens (including phenoxy) is 1. The Morgan fingerprint density at radius 1 is 1.22 bits per heavy atom. The van der Waals surface area contributed by atoms with Crippen LogP contribution >= 0.6 is 0 Å². The molecule has 0 radical (unpaired) electrons. The van der Waals surface area contributed by atoms with E-state index in [-0.39, 0.29) is 11.6 Å². The number of rotatable bonds is 7. The van der Waals surface area contributed by atoms with Crippen molar-refractivity contribution in [1.29, 1.82) is 0 Å². The number of methoxy groups -OCH3 is 1. The summed E-state index contributed by atoms with van der Waals surface area (Å²) in [7, 11) is 3.53. The molecule has 1 N–H and O–H groups in total. The molecule has 6 nitrogen and oxygen atoms in total. The molecule has 1 heterocycles. The molecule has 0 atom stereocenters. The molecule has 0 aliphatic rings. The smallest absolute Gasteiger partial charge is 0.276 e. The lowest BCUT2D eigenvalue weighted by Gasteiger charge is -2.16. The maximum atomic E-state index is 12.3. The van der Waals surface area contributed by atoms with Gasteiger partial charge in [-0.1, -0.05) is 25.5 Å². The van der Waals surface area contributed by atoms with Gasteiger partial charge in [-0.25, -0.2) is 0 Å². The fourth-order valence-electron chi connectivity index (χ4n) is 2.09. The van der Waals surface area contributed by atoms with Crippen LogP contribution in [0, 0.1) is 0 Å². The second-order valence-electron chi connectivity index (χ2n) is 5.21. The van der Waals surface area contributed by atoms with Gasteiger partial charge in [-0.05, 0) is 30.7 Å². The molecule has 0 aliphatic heterocycles. The fraction of sp³-hybridized carbons (Fsp3) is 0.353. The quantitative estimate of drug-likeness (QED) is 0.851. The van der Waals surface area contributed by atoms with E-state index < -0.39 is 0 Å². The van der Waals surface area contributed by atoms with Gasteiger partial charge < -0.3 is 15.0 Å². The van der Waals surface area contributed by atoms with E-state index in [9.17, 15) is 4.79 Å². The maximum absolute atomic E-state index is 12.3. The third-order valence-electron chi connectivity index (χ3n) is 3.48. The minimum Gasteiger partial charge on any atom is -0.495 e. The molecule has 0 saturated carbocycles. The summed E-state index contributed by atoms with van der Waals surface area (Å²) in [6, 6.07) is 10.7. The van der Waals surface area contributed by atoms with Crippen LogP contribution in [0.3, 0.4) is 0 Å². The molecule has 122 valence electrons. The lowest BCUT2D eigenvalue weighted by atomic mass is 10.2. The average molecular weight is 314 g/mol. The Bertz CT molecular complexity index is 643. The predicted molar refractivity (Wildman–Crippen MR) is 91.2 cm³/mol. The summed E-state index contributed by atoms with van der Waals surface area (Å²) < 4.78 is 5.21. The van der Waals surface area contributed by atoms with Crippen LogP contribution in [0.25, 0.3) is 0 Å². The Balaban J connectivity index is 2.05. The normalized spacial score (nSPS) is 10.2. The highest BCUT2D eigenvalue weighted by Crippen LogP contribution is 2.23. The van der Waals surface area contributed by atoms with E-state index in [1.807, 2.05) is 24.1 Å². The van der Waals surface area contributed by atoms with Crippen molar-refractivity contribution in [2.75, 3.05) is 30.9 Å². The SMILES string of the molecule is CCCCN(C)c1ccc(C(=O)Nc2ccccc2OC)nn1. The molecular weight excluding hydrogens is 292 g/mol. The summed E-state index contributed by atoms with van der Waals surface area (Å²) in [6.45, 7) is 3.06. The second-order valence-corrected chi connectivity index (χ2v) is 5.21. The van der Waals surface area contributed by atoms with Crippen molar-refractivity contribution < 1.29 is 9.53 Å². The van der Waals surface area contributed by atoms with Gasteiger partial charge in [-0.3, -0.25) is 4.79 Å². The maximum Gasteiger partial charge on any atom is 0.276 e. The van der Waals surface area contributed by atoms with Crippen LogP contribution in [0.15, 0.2) is 36.4 Å². The number of anilines is 2. The number of hydrogen-bond acceptors (Lipinski definition) is 5. The minimum absolute atomic E-state index is 0.267. The molecular formula is C17H22N4O2. The zero-order valence-electron chi connectivity index (χ0n) is 13.7. The van der Waals surface area contributed by atoms with Crippen molar-refractivity contribution in [2.45, 2.75) is 19.8 Å². The molecule has 0 spiro atoms. The summed E-state index contributed by atoms with van der Waals surface area (Å²) in [5.41, 5.74) is 0.870. The first-order valence-electron chi connectivity index (χ1n) is 7.65. The Morgan fingerprint density at radius 3 is 2.65 bits per heavy atom. The van der Waals surface area contributed by atoms with E-state index in [2.05, 4.69) is 22.4 Å². The Morgan fingerprint density at radius 2 is 2.00 bits per heavy atom. The fourth-order valence-corrected chi connectivity index (χ4v) is 2.09. The minimum atomic E-state index is -0.315. The molecule has 2 aromatic rings. The summed E-state index contributed by atoms with van der Waals surface area (Å²) in [5.74, 6) is 1.04. The van der Waals surface area contributed by atoms with Crippen molar-refractivity contribution in [2.24, 2.45) is 0 Å². The molecule has 0 fully saturated rings. The van der Waals surface area contributed by atoms with Crippen molar-refractivity contribution >= 4 is 17.4 Å². The highest BCUT2D eigenvalue weighted by Gasteiger charge is 2.12. The number of nitrogens with one attached hydrogen (secondary N) is 1. The molecule has 1 amide bonds. The van der Waals surface area contributed by atoms with Crippen molar-refractivity contribution in [3.63, 3.8) is 0 Å². The molecule has 6 heteroatoms. The van der Waals surface area contributed by atoms with Gasteiger partial charge in [0.2, 0.25) is 0 Å². The van der Waals surface area contributed by atoms with Gasteiger partial charge >= 0.3 is 0 Å². The van der Waals surface area contributed by atoms with Gasteiger partial charge in [0.25, 0.3) is 5.91 Å². The van der Waals surface area contributed by atoms with Crippen LogP contribution in [-0.4, -0.2) is 36.8 Å². The van der Waals surface area contributed by atoms with Gasteiger partial charge in [0.15, 0.2) is 11.5 Å².